The number of hydrogen-bond acceptors (Lipinski definition) is 4. The molecule has 0 aliphatic carbocycles. The molecule has 0 radical (unpaired) electrons. The Kier molecular flexibility index (Phi) is 2.17. The zero-order chi connectivity index (χ0) is 10.8. The van der Waals surface area contributed by atoms with Gasteiger partial charge < -0.3 is 5.11 Å². The van der Waals surface area contributed by atoms with E-state index in [9.17, 15) is 4.79 Å². The lowest BCUT2D eigenvalue weighted by atomic mass is 10.4. The van der Waals surface area contributed by atoms with Gasteiger partial charge in [-0.25, -0.2) is 19.4 Å². The number of carboxylic acid groups (broad SMARTS) is 1. The van der Waals surface area contributed by atoms with Crippen molar-refractivity contribution in [3.63, 3.8) is 0 Å². The van der Waals surface area contributed by atoms with E-state index in [4.69, 9.17) is 5.11 Å². The van der Waals surface area contributed by atoms with E-state index >= 15 is 0 Å². The summed E-state index contributed by atoms with van der Waals surface area (Å²) in [7, 11) is 0. The topological polar surface area (TPSA) is 80.9 Å². The number of nitrogens with zero attached hydrogens (tertiary/aromatic N) is 4. The quantitative estimate of drug-likeness (QED) is 0.777. The molecule has 0 unspecified atom stereocenters. The van der Waals surface area contributed by atoms with E-state index in [0.29, 0.717) is 5.95 Å². The molecule has 15 heavy (non-hydrogen) atoms. The van der Waals surface area contributed by atoms with Crippen LogP contribution in [0.1, 0.15) is 16.2 Å². The highest BCUT2D eigenvalue weighted by molar-refractivity contribution is 5.85. The molecule has 0 bridgehead atoms. The molecule has 0 saturated carbocycles. The van der Waals surface area contributed by atoms with E-state index in [0.717, 1.165) is 5.69 Å². The van der Waals surface area contributed by atoms with E-state index in [2.05, 4.69) is 15.1 Å². The minimum absolute atomic E-state index is 0.0277. The first kappa shape index (κ1) is 9.32. The Morgan fingerprint density at radius 3 is 2.87 bits per heavy atom. The van der Waals surface area contributed by atoms with Crippen LogP contribution >= 0.6 is 0 Å². The lowest BCUT2D eigenvalue weighted by Crippen LogP contribution is -2.04. The molecule has 0 fully saturated rings. The first-order valence-corrected chi connectivity index (χ1v) is 4.26. The summed E-state index contributed by atoms with van der Waals surface area (Å²) >= 11 is 0. The fourth-order valence-corrected chi connectivity index (χ4v) is 1.10. The Morgan fingerprint density at radius 2 is 2.27 bits per heavy atom. The molecule has 0 spiro atoms. The molecule has 6 nitrogen and oxygen atoms in total. The molecule has 0 amide bonds. The van der Waals surface area contributed by atoms with Crippen molar-refractivity contribution in [1.29, 1.82) is 0 Å². The van der Waals surface area contributed by atoms with Gasteiger partial charge >= 0.3 is 5.97 Å². The van der Waals surface area contributed by atoms with E-state index in [1.165, 1.54) is 16.9 Å². The predicted molar refractivity (Wildman–Crippen MR) is 50.9 cm³/mol. The van der Waals surface area contributed by atoms with Crippen LogP contribution in [0, 0.1) is 6.92 Å². The van der Waals surface area contributed by atoms with Crippen molar-refractivity contribution < 1.29 is 9.90 Å². The zero-order valence-corrected chi connectivity index (χ0v) is 7.95. The summed E-state index contributed by atoms with van der Waals surface area (Å²) in [5, 5.41) is 12.5. The van der Waals surface area contributed by atoms with E-state index in [1.807, 2.05) is 6.92 Å². The summed E-state index contributed by atoms with van der Waals surface area (Å²) in [6, 6.07) is 3.15. The standard InChI is InChI=1S/C9H8N4O2/c1-6-2-4-10-9(11-6)13-5-3-7(12-13)8(14)15/h2-5H,1H3,(H,14,15). The normalized spacial score (nSPS) is 10.2. The van der Waals surface area contributed by atoms with Gasteiger partial charge in [-0.15, -0.1) is 0 Å². The Hall–Kier alpha value is -2.24. The van der Waals surface area contributed by atoms with Gasteiger partial charge in [0.1, 0.15) is 0 Å². The van der Waals surface area contributed by atoms with Gasteiger partial charge in [-0.2, -0.15) is 5.10 Å². The molecular weight excluding hydrogens is 196 g/mol. The molecule has 1 N–H and O–H groups in total. The Balaban J connectivity index is 2.41. The van der Waals surface area contributed by atoms with Crippen LogP contribution in [0.2, 0.25) is 0 Å². The van der Waals surface area contributed by atoms with Crippen LogP contribution in [0.5, 0.6) is 0 Å². The molecule has 0 aliphatic heterocycles. The highest BCUT2D eigenvalue weighted by atomic mass is 16.4. The van der Waals surface area contributed by atoms with Crippen LogP contribution in [0.25, 0.3) is 5.95 Å². The van der Waals surface area contributed by atoms with Crippen LogP contribution in [0.3, 0.4) is 0 Å². The molecule has 0 atom stereocenters. The molecule has 0 aromatic carbocycles. The van der Waals surface area contributed by atoms with Crippen molar-refractivity contribution in [3.8, 4) is 5.95 Å². The van der Waals surface area contributed by atoms with Crippen molar-refractivity contribution in [3.05, 3.63) is 35.9 Å². The third-order valence-corrected chi connectivity index (χ3v) is 1.80. The molecule has 2 aromatic heterocycles. The SMILES string of the molecule is Cc1ccnc(-n2ccc(C(=O)O)n2)n1. The van der Waals surface area contributed by atoms with Crippen molar-refractivity contribution in [2.45, 2.75) is 6.92 Å². The van der Waals surface area contributed by atoms with Gasteiger partial charge in [0.2, 0.25) is 0 Å². The number of rotatable bonds is 2. The molecule has 0 saturated heterocycles. The summed E-state index contributed by atoms with van der Waals surface area (Å²) in [4.78, 5) is 18.7. The Bertz CT molecular complexity index is 506. The maximum absolute atomic E-state index is 10.6. The van der Waals surface area contributed by atoms with Crippen LogP contribution in [0.15, 0.2) is 24.5 Å². The van der Waals surface area contributed by atoms with E-state index in [-0.39, 0.29) is 5.69 Å². The number of carbonyl (C=O) groups is 1. The smallest absolute Gasteiger partial charge is 0.356 e. The maximum atomic E-state index is 10.6. The lowest BCUT2D eigenvalue weighted by Gasteiger charge is -1.98. The van der Waals surface area contributed by atoms with Crippen LogP contribution < -0.4 is 0 Å². The molecule has 76 valence electrons. The average molecular weight is 204 g/mol. The van der Waals surface area contributed by atoms with E-state index in [1.54, 1.807) is 12.3 Å². The summed E-state index contributed by atoms with van der Waals surface area (Å²) < 4.78 is 1.33. The van der Waals surface area contributed by atoms with Gasteiger partial charge in [-0.1, -0.05) is 0 Å². The fraction of sp³-hybridized carbons (Fsp3) is 0.111. The number of aryl methyl sites for hydroxylation is 1. The van der Waals surface area contributed by atoms with Crippen molar-refractivity contribution in [2.75, 3.05) is 0 Å². The van der Waals surface area contributed by atoms with Gasteiger partial charge in [-0.3, -0.25) is 0 Å². The largest absolute Gasteiger partial charge is 0.476 e. The first-order chi connectivity index (χ1) is 7.16. The number of aromatic carboxylic acids is 1. The highest BCUT2D eigenvalue weighted by Crippen LogP contribution is 2.02. The van der Waals surface area contributed by atoms with Crippen LogP contribution in [-0.4, -0.2) is 30.8 Å². The van der Waals surface area contributed by atoms with Gasteiger partial charge in [-0.05, 0) is 19.1 Å². The summed E-state index contributed by atoms with van der Waals surface area (Å²) in [5.41, 5.74) is 0.771. The summed E-state index contributed by atoms with van der Waals surface area (Å²) in [5.74, 6) is -0.705. The van der Waals surface area contributed by atoms with Gasteiger partial charge in [0.05, 0.1) is 0 Å². The maximum Gasteiger partial charge on any atom is 0.356 e. The second-order valence-corrected chi connectivity index (χ2v) is 2.95. The molecule has 2 heterocycles. The second-order valence-electron chi connectivity index (χ2n) is 2.95. The Morgan fingerprint density at radius 1 is 1.47 bits per heavy atom. The van der Waals surface area contributed by atoms with E-state index < -0.39 is 5.97 Å². The lowest BCUT2D eigenvalue weighted by molar-refractivity contribution is 0.0690. The molecule has 2 aromatic rings. The minimum Gasteiger partial charge on any atom is -0.476 e. The van der Waals surface area contributed by atoms with Crippen molar-refractivity contribution in [2.24, 2.45) is 0 Å². The Labute approximate surface area is 85.2 Å². The van der Waals surface area contributed by atoms with Gasteiger partial charge in [0.25, 0.3) is 5.95 Å². The number of aromatic nitrogens is 4. The van der Waals surface area contributed by atoms with Crippen molar-refractivity contribution >= 4 is 5.97 Å². The van der Waals surface area contributed by atoms with Crippen LogP contribution in [0.4, 0.5) is 0 Å². The summed E-state index contributed by atoms with van der Waals surface area (Å²) in [6.45, 7) is 1.83. The fourth-order valence-electron chi connectivity index (χ4n) is 1.10. The predicted octanol–water partition coefficient (Wildman–Crippen LogP) is 0.669. The second kappa shape index (κ2) is 3.49. The summed E-state index contributed by atoms with van der Waals surface area (Å²) in [6.07, 6.45) is 3.11. The minimum atomic E-state index is -1.07. The third-order valence-electron chi connectivity index (χ3n) is 1.80. The third kappa shape index (κ3) is 1.83. The molecular formula is C9H8N4O2. The zero-order valence-electron chi connectivity index (χ0n) is 7.95. The monoisotopic (exact) mass is 204 g/mol. The van der Waals surface area contributed by atoms with Crippen molar-refractivity contribution in [1.82, 2.24) is 19.7 Å². The molecule has 2 rings (SSSR count). The molecule has 6 heteroatoms. The number of hydrogen-bond donors (Lipinski definition) is 1. The first-order valence-electron chi connectivity index (χ1n) is 4.26. The number of carboxylic acids is 1. The highest BCUT2D eigenvalue weighted by Gasteiger charge is 2.08. The van der Waals surface area contributed by atoms with Gasteiger partial charge in [0.15, 0.2) is 5.69 Å². The van der Waals surface area contributed by atoms with Gasteiger partial charge in [0, 0.05) is 18.1 Å². The average Bonchev–Trinajstić information content (AvgIpc) is 2.66. The van der Waals surface area contributed by atoms with Crippen LogP contribution in [-0.2, 0) is 0 Å². The molecule has 0 aliphatic rings.